The Hall–Kier alpha value is -1.63. The van der Waals surface area contributed by atoms with E-state index >= 15 is 0 Å². The maximum atomic E-state index is 5.60. The van der Waals surface area contributed by atoms with Crippen LogP contribution in [0.3, 0.4) is 0 Å². The third-order valence-electron chi connectivity index (χ3n) is 3.46. The molecule has 0 radical (unpaired) electrons. The molecule has 2 rings (SSSR count). The lowest BCUT2D eigenvalue weighted by molar-refractivity contribution is 0.123. The number of hydrogen-bond donors (Lipinski definition) is 2. The quantitative estimate of drug-likeness (QED) is 0.385. The van der Waals surface area contributed by atoms with E-state index in [0.29, 0.717) is 11.7 Å². The third-order valence-corrected chi connectivity index (χ3v) is 3.46. The van der Waals surface area contributed by atoms with E-state index in [1.807, 2.05) is 6.92 Å². The van der Waals surface area contributed by atoms with Crippen molar-refractivity contribution in [3.8, 4) is 0 Å². The van der Waals surface area contributed by atoms with Crippen LogP contribution in [-0.4, -0.2) is 49.5 Å². The molecule has 1 aromatic heterocycles. The zero-order valence-electron chi connectivity index (χ0n) is 13.6. The number of aromatic nitrogens is 2. The van der Waals surface area contributed by atoms with E-state index in [4.69, 9.17) is 9.26 Å². The zero-order chi connectivity index (χ0) is 15.6. The van der Waals surface area contributed by atoms with Gasteiger partial charge in [-0.2, -0.15) is 4.98 Å². The van der Waals surface area contributed by atoms with Gasteiger partial charge in [0.05, 0.1) is 0 Å². The number of rotatable bonds is 10. The minimum Gasteiger partial charge on any atom is -0.381 e. The Morgan fingerprint density at radius 2 is 2.09 bits per heavy atom. The molecule has 0 spiro atoms. The van der Waals surface area contributed by atoms with Crippen molar-refractivity contribution in [1.29, 1.82) is 0 Å². The van der Waals surface area contributed by atoms with Crippen molar-refractivity contribution < 1.29 is 9.26 Å². The lowest BCUT2D eigenvalue weighted by atomic mass is 10.3. The van der Waals surface area contributed by atoms with E-state index < -0.39 is 0 Å². The second-order valence-corrected chi connectivity index (χ2v) is 5.64. The van der Waals surface area contributed by atoms with Gasteiger partial charge in [-0.25, -0.2) is 0 Å². The van der Waals surface area contributed by atoms with E-state index in [1.54, 1.807) is 7.05 Å². The average molecular weight is 309 g/mol. The molecular weight excluding hydrogens is 282 g/mol. The largest absolute Gasteiger partial charge is 0.381 e. The van der Waals surface area contributed by atoms with Gasteiger partial charge in [0, 0.05) is 39.8 Å². The Labute approximate surface area is 131 Å². The summed E-state index contributed by atoms with van der Waals surface area (Å²) >= 11 is 0. The fourth-order valence-corrected chi connectivity index (χ4v) is 2.02. The number of ether oxygens (including phenoxy) is 1. The van der Waals surface area contributed by atoms with Gasteiger partial charge in [-0.3, -0.25) is 4.99 Å². The minimum absolute atomic E-state index is 0.685. The van der Waals surface area contributed by atoms with Crippen LogP contribution in [0.5, 0.6) is 0 Å². The molecule has 1 saturated carbocycles. The molecule has 1 fully saturated rings. The molecular formula is C15H27N5O2. The molecule has 0 bridgehead atoms. The Kier molecular flexibility index (Phi) is 7.15. The number of hydrogen-bond acceptors (Lipinski definition) is 5. The highest BCUT2D eigenvalue weighted by molar-refractivity contribution is 5.79. The molecule has 0 aromatic carbocycles. The maximum absolute atomic E-state index is 5.60. The second-order valence-electron chi connectivity index (χ2n) is 5.64. The molecule has 1 heterocycles. The number of aryl methyl sites for hydroxylation is 2. The third kappa shape index (κ3) is 6.89. The molecule has 7 nitrogen and oxygen atoms in total. The average Bonchev–Trinajstić information content (AvgIpc) is 3.25. The van der Waals surface area contributed by atoms with Gasteiger partial charge in [-0.15, -0.1) is 0 Å². The van der Waals surface area contributed by atoms with E-state index in [9.17, 15) is 0 Å². The monoisotopic (exact) mass is 309 g/mol. The maximum Gasteiger partial charge on any atom is 0.226 e. The molecule has 1 aromatic rings. The fraction of sp³-hybridized carbons (Fsp3) is 0.800. The summed E-state index contributed by atoms with van der Waals surface area (Å²) in [5, 5.41) is 10.3. The fourth-order valence-electron chi connectivity index (χ4n) is 2.02. The summed E-state index contributed by atoms with van der Waals surface area (Å²) in [7, 11) is 1.78. The predicted octanol–water partition coefficient (Wildman–Crippen LogP) is 1.29. The van der Waals surface area contributed by atoms with Crippen LogP contribution in [0.25, 0.3) is 0 Å². The van der Waals surface area contributed by atoms with E-state index in [1.165, 1.54) is 12.8 Å². The highest BCUT2D eigenvalue weighted by Crippen LogP contribution is 2.28. The van der Waals surface area contributed by atoms with Crippen LogP contribution < -0.4 is 10.6 Å². The highest BCUT2D eigenvalue weighted by atomic mass is 16.5. The Morgan fingerprint density at radius 3 is 2.73 bits per heavy atom. The summed E-state index contributed by atoms with van der Waals surface area (Å²) in [6, 6.07) is 0. The Bertz CT molecular complexity index is 457. The topological polar surface area (TPSA) is 84.6 Å². The molecule has 0 amide bonds. The van der Waals surface area contributed by atoms with Crippen molar-refractivity contribution >= 4 is 5.96 Å². The summed E-state index contributed by atoms with van der Waals surface area (Å²) in [6.45, 7) is 5.26. The normalized spacial score (nSPS) is 15.1. The number of guanidine groups is 1. The lowest BCUT2D eigenvalue weighted by Gasteiger charge is -2.11. The number of aliphatic imine (C=N–C) groups is 1. The molecule has 1 aliphatic carbocycles. The van der Waals surface area contributed by atoms with Crippen molar-refractivity contribution in [1.82, 2.24) is 20.8 Å². The molecule has 22 heavy (non-hydrogen) atoms. The lowest BCUT2D eigenvalue weighted by Crippen LogP contribution is -2.38. The molecule has 0 saturated heterocycles. The van der Waals surface area contributed by atoms with E-state index in [-0.39, 0.29) is 0 Å². The predicted molar refractivity (Wildman–Crippen MR) is 84.9 cm³/mol. The van der Waals surface area contributed by atoms with E-state index in [0.717, 1.165) is 57.4 Å². The van der Waals surface area contributed by atoms with Gasteiger partial charge >= 0.3 is 0 Å². The van der Waals surface area contributed by atoms with Crippen LogP contribution >= 0.6 is 0 Å². The second kappa shape index (κ2) is 9.40. The van der Waals surface area contributed by atoms with Gasteiger partial charge in [0.15, 0.2) is 11.8 Å². The van der Waals surface area contributed by atoms with Gasteiger partial charge in [-0.1, -0.05) is 5.16 Å². The van der Waals surface area contributed by atoms with E-state index in [2.05, 4.69) is 25.8 Å². The van der Waals surface area contributed by atoms with Gasteiger partial charge in [0.25, 0.3) is 0 Å². The van der Waals surface area contributed by atoms with Gasteiger partial charge in [0.1, 0.15) is 0 Å². The number of nitrogens with one attached hydrogen (secondary N) is 2. The van der Waals surface area contributed by atoms with Crippen molar-refractivity contribution in [2.75, 3.05) is 33.4 Å². The summed E-state index contributed by atoms with van der Waals surface area (Å²) in [5.74, 6) is 3.04. The van der Waals surface area contributed by atoms with Crippen LogP contribution in [0, 0.1) is 12.8 Å². The van der Waals surface area contributed by atoms with Crippen molar-refractivity contribution in [2.45, 2.75) is 39.0 Å². The standard InChI is InChI=1S/C15H27N5O2/c1-12-19-14(22-20-12)5-3-8-17-15(16-2)18-9-4-10-21-11-13-6-7-13/h13H,3-11H2,1-2H3,(H2,16,17,18). The summed E-state index contributed by atoms with van der Waals surface area (Å²) in [4.78, 5) is 8.37. The summed E-state index contributed by atoms with van der Waals surface area (Å²) in [6.07, 6.45) is 5.39. The Morgan fingerprint density at radius 1 is 1.32 bits per heavy atom. The van der Waals surface area contributed by atoms with Crippen LogP contribution in [0.1, 0.15) is 37.4 Å². The van der Waals surface area contributed by atoms with Crippen molar-refractivity contribution in [2.24, 2.45) is 10.9 Å². The molecule has 7 heteroatoms. The highest BCUT2D eigenvalue weighted by Gasteiger charge is 2.20. The molecule has 124 valence electrons. The molecule has 2 N–H and O–H groups in total. The SMILES string of the molecule is CN=C(NCCCOCC1CC1)NCCCc1nc(C)no1. The zero-order valence-corrected chi connectivity index (χ0v) is 13.6. The van der Waals surface area contributed by atoms with Crippen LogP contribution in [0.4, 0.5) is 0 Å². The summed E-state index contributed by atoms with van der Waals surface area (Å²) < 4.78 is 10.7. The van der Waals surface area contributed by atoms with Crippen LogP contribution in [0.2, 0.25) is 0 Å². The molecule has 0 unspecified atom stereocenters. The van der Waals surface area contributed by atoms with Gasteiger partial charge in [-0.05, 0) is 38.5 Å². The van der Waals surface area contributed by atoms with Gasteiger partial charge in [0.2, 0.25) is 5.89 Å². The number of nitrogens with zero attached hydrogens (tertiary/aromatic N) is 3. The molecule has 0 atom stereocenters. The first-order valence-electron chi connectivity index (χ1n) is 8.09. The van der Waals surface area contributed by atoms with Gasteiger partial charge < -0.3 is 19.9 Å². The minimum atomic E-state index is 0.685. The Balaban J connectivity index is 1.45. The first kappa shape index (κ1) is 16.7. The first-order valence-corrected chi connectivity index (χ1v) is 8.09. The molecule has 0 aliphatic heterocycles. The van der Waals surface area contributed by atoms with Crippen LogP contribution in [-0.2, 0) is 11.2 Å². The molecule has 1 aliphatic rings. The van der Waals surface area contributed by atoms with Crippen molar-refractivity contribution in [3.05, 3.63) is 11.7 Å². The van der Waals surface area contributed by atoms with Crippen molar-refractivity contribution in [3.63, 3.8) is 0 Å². The first-order chi connectivity index (χ1) is 10.8. The van der Waals surface area contributed by atoms with Crippen LogP contribution in [0.15, 0.2) is 9.52 Å². The smallest absolute Gasteiger partial charge is 0.226 e. The summed E-state index contributed by atoms with van der Waals surface area (Å²) in [5.41, 5.74) is 0.